The van der Waals surface area contributed by atoms with Gasteiger partial charge in [0, 0.05) is 12.6 Å². The molecule has 1 N–H and O–H groups in total. The van der Waals surface area contributed by atoms with Gasteiger partial charge in [0.25, 0.3) is 0 Å². The van der Waals surface area contributed by atoms with Gasteiger partial charge >= 0.3 is 6.03 Å². The highest BCUT2D eigenvalue weighted by Gasteiger charge is 2.27. The molecule has 0 atom stereocenters. The van der Waals surface area contributed by atoms with Gasteiger partial charge in [-0.05, 0) is 75.0 Å². The van der Waals surface area contributed by atoms with Crippen molar-refractivity contribution in [3.05, 3.63) is 65.2 Å². The topological polar surface area (TPSA) is 48.5 Å². The number of nitrogens with zero attached hydrogens (tertiary/aromatic N) is 3. The summed E-state index contributed by atoms with van der Waals surface area (Å²) in [6, 6.07) is 11.6. The van der Waals surface area contributed by atoms with Crippen molar-refractivity contribution in [3.8, 4) is 0 Å². The Bertz CT molecular complexity index is 814. The fourth-order valence-electron chi connectivity index (χ4n) is 3.91. The van der Waals surface area contributed by atoms with Gasteiger partial charge in [0.15, 0.2) is 0 Å². The standard InChI is InChI=1S/C25H35FN4O/c1-19(2)4-5-20-6-8-21(9-7-20)16-28-25(31)30(24-12-14-29(3)15-13-24)18-23-11-10-22(26)17-27-23/h6-11,17,19,24H,4-5,12-16,18H2,1-3H3,(H,28,31). The number of aryl methyl sites for hydroxylation is 1. The molecule has 2 heterocycles. The molecule has 31 heavy (non-hydrogen) atoms. The minimum Gasteiger partial charge on any atom is -0.334 e. The smallest absolute Gasteiger partial charge is 0.318 e. The van der Waals surface area contributed by atoms with Crippen molar-refractivity contribution in [1.82, 2.24) is 20.1 Å². The first kappa shape index (κ1) is 23.2. The molecule has 2 aromatic rings. The zero-order valence-electron chi connectivity index (χ0n) is 19.0. The van der Waals surface area contributed by atoms with E-state index in [2.05, 4.69) is 60.4 Å². The highest BCUT2D eigenvalue weighted by molar-refractivity contribution is 5.74. The first-order chi connectivity index (χ1) is 14.9. The third kappa shape index (κ3) is 7.31. The van der Waals surface area contributed by atoms with Crippen molar-refractivity contribution >= 4 is 6.03 Å². The van der Waals surface area contributed by atoms with Gasteiger partial charge in [-0.2, -0.15) is 0 Å². The largest absolute Gasteiger partial charge is 0.334 e. The molecule has 1 fully saturated rings. The molecule has 0 unspecified atom stereocenters. The van der Waals surface area contributed by atoms with Crippen molar-refractivity contribution in [2.24, 2.45) is 5.92 Å². The van der Waals surface area contributed by atoms with E-state index in [9.17, 15) is 9.18 Å². The first-order valence-corrected chi connectivity index (χ1v) is 11.3. The molecule has 1 saturated heterocycles. The number of benzene rings is 1. The van der Waals surface area contributed by atoms with Crippen LogP contribution in [0.25, 0.3) is 0 Å². The number of piperidine rings is 1. The average Bonchev–Trinajstić information content (AvgIpc) is 2.77. The summed E-state index contributed by atoms with van der Waals surface area (Å²) in [5.41, 5.74) is 3.12. The number of hydrogen-bond donors (Lipinski definition) is 1. The Morgan fingerprint density at radius 1 is 1.16 bits per heavy atom. The monoisotopic (exact) mass is 426 g/mol. The average molecular weight is 427 g/mol. The molecular formula is C25H35FN4O. The number of nitrogens with one attached hydrogen (secondary N) is 1. The van der Waals surface area contributed by atoms with Gasteiger partial charge in [-0.3, -0.25) is 4.98 Å². The van der Waals surface area contributed by atoms with Gasteiger partial charge in [0.2, 0.25) is 0 Å². The van der Waals surface area contributed by atoms with Crippen LogP contribution in [0, 0.1) is 11.7 Å². The minimum absolute atomic E-state index is 0.0930. The predicted octanol–water partition coefficient (Wildman–Crippen LogP) is 4.62. The van der Waals surface area contributed by atoms with Crippen molar-refractivity contribution in [2.75, 3.05) is 20.1 Å². The summed E-state index contributed by atoms with van der Waals surface area (Å²) in [6.45, 7) is 7.27. The van der Waals surface area contributed by atoms with E-state index < -0.39 is 0 Å². The third-order valence-corrected chi connectivity index (χ3v) is 5.99. The summed E-state index contributed by atoms with van der Waals surface area (Å²) in [6.07, 6.45) is 5.32. The minimum atomic E-state index is -0.365. The molecule has 0 bridgehead atoms. The quantitative estimate of drug-likeness (QED) is 0.670. The molecule has 1 aliphatic heterocycles. The summed E-state index contributed by atoms with van der Waals surface area (Å²) in [4.78, 5) is 21.4. The van der Waals surface area contributed by atoms with Crippen molar-refractivity contribution < 1.29 is 9.18 Å². The second-order valence-electron chi connectivity index (χ2n) is 9.04. The van der Waals surface area contributed by atoms with Crippen molar-refractivity contribution in [3.63, 3.8) is 0 Å². The Balaban J connectivity index is 1.61. The van der Waals surface area contributed by atoms with Crippen LogP contribution >= 0.6 is 0 Å². The van der Waals surface area contributed by atoms with Gasteiger partial charge in [-0.15, -0.1) is 0 Å². The molecule has 5 nitrogen and oxygen atoms in total. The van der Waals surface area contributed by atoms with Gasteiger partial charge in [-0.25, -0.2) is 9.18 Å². The predicted molar refractivity (Wildman–Crippen MR) is 122 cm³/mol. The number of amides is 2. The number of hydrogen-bond acceptors (Lipinski definition) is 3. The van der Waals surface area contributed by atoms with Crippen LogP contribution in [0.2, 0.25) is 0 Å². The number of urea groups is 1. The highest BCUT2D eigenvalue weighted by atomic mass is 19.1. The zero-order chi connectivity index (χ0) is 22.2. The Hall–Kier alpha value is -2.47. The number of aromatic nitrogens is 1. The summed E-state index contributed by atoms with van der Waals surface area (Å²) in [5.74, 6) is 0.330. The molecule has 168 valence electrons. The molecule has 1 aliphatic rings. The second-order valence-corrected chi connectivity index (χ2v) is 9.04. The van der Waals surface area contributed by atoms with E-state index in [0.29, 0.717) is 24.7 Å². The number of carbonyl (C=O) groups excluding carboxylic acids is 1. The van der Waals surface area contributed by atoms with E-state index in [1.807, 2.05) is 4.90 Å². The Kier molecular flexibility index (Phi) is 8.41. The Morgan fingerprint density at radius 3 is 2.45 bits per heavy atom. The molecule has 0 spiro atoms. The molecule has 0 aliphatic carbocycles. The van der Waals surface area contributed by atoms with E-state index >= 15 is 0 Å². The van der Waals surface area contributed by atoms with E-state index in [1.54, 1.807) is 6.07 Å². The fourth-order valence-corrected chi connectivity index (χ4v) is 3.91. The molecule has 1 aromatic carbocycles. The summed E-state index contributed by atoms with van der Waals surface area (Å²) in [7, 11) is 2.10. The van der Waals surface area contributed by atoms with Gasteiger partial charge < -0.3 is 15.1 Å². The molecule has 3 rings (SSSR count). The number of pyridine rings is 1. The second kappa shape index (κ2) is 11.2. The summed E-state index contributed by atoms with van der Waals surface area (Å²) < 4.78 is 13.2. The fraction of sp³-hybridized carbons (Fsp3) is 0.520. The van der Waals surface area contributed by atoms with Crippen LogP contribution < -0.4 is 5.32 Å². The maximum atomic E-state index is 13.2. The highest BCUT2D eigenvalue weighted by Crippen LogP contribution is 2.18. The Morgan fingerprint density at radius 2 is 1.84 bits per heavy atom. The number of rotatable bonds is 8. The molecule has 1 aromatic heterocycles. The lowest BCUT2D eigenvalue weighted by molar-refractivity contribution is 0.126. The third-order valence-electron chi connectivity index (χ3n) is 5.99. The molecule has 0 saturated carbocycles. The van der Waals surface area contributed by atoms with Crippen LogP contribution in [0.3, 0.4) is 0 Å². The van der Waals surface area contributed by atoms with E-state index in [4.69, 9.17) is 0 Å². The lowest BCUT2D eigenvalue weighted by atomic mass is 10.0. The van der Waals surface area contributed by atoms with Crippen LogP contribution in [0.1, 0.15) is 49.9 Å². The number of carbonyl (C=O) groups is 1. The lowest BCUT2D eigenvalue weighted by Crippen LogP contribution is -2.49. The van der Waals surface area contributed by atoms with Crippen LogP contribution in [0.4, 0.5) is 9.18 Å². The lowest BCUT2D eigenvalue weighted by Gasteiger charge is -2.37. The molecule has 2 amide bonds. The van der Waals surface area contributed by atoms with Crippen LogP contribution in [0.5, 0.6) is 0 Å². The van der Waals surface area contributed by atoms with Gasteiger partial charge in [0.1, 0.15) is 5.82 Å². The van der Waals surface area contributed by atoms with Crippen molar-refractivity contribution in [1.29, 1.82) is 0 Å². The molecular weight excluding hydrogens is 391 g/mol. The van der Waals surface area contributed by atoms with E-state index in [-0.39, 0.29) is 17.9 Å². The van der Waals surface area contributed by atoms with Crippen LogP contribution in [-0.4, -0.2) is 47.0 Å². The molecule has 6 heteroatoms. The SMILES string of the molecule is CC(C)CCc1ccc(CNC(=O)N(Cc2ccc(F)cn2)C2CCN(C)CC2)cc1. The first-order valence-electron chi connectivity index (χ1n) is 11.3. The van der Waals surface area contributed by atoms with Crippen LogP contribution in [0.15, 0.2) is 42.6 Å². The number of likely N-dealkylation sites (tertiary alicyclic amines) is 1. The number of halogens is 1. The van der Waals surface area contributed by atoms with E-state index in [0.717, 1.165) is 37.9 Å². The van der Waals surface area contributed by atoms with E-state index in [1.165, 1.54) is 24.2 Å². The zero-order valence-corrected chi connectivity index (χ0v) is 19.0. The Labute approximate surface area is 185 Å². The van der Waals surface area contributed by atoms with Crippen molar-refractivity contribution in [2.45, 2.75) is 58.7 Å². The van der Waals surface area contributed by atoms with Crippen LogP contribution in [-0.2, 0) is 19.5 Å². The molecule has 0 radical (unpaired) electrons. The van der Waals surface area contributed by atoms with Gasteiger partial charge in [0.05, 0.1) is 18.4 Å². The maximum Gasteiger partial charge on any atom is 0.318 e. The maximum absolute atomic E-state index is 13.2. The summed E-state index contributed by atoms with van der Waals surface area (Å²) in [5, 5.41) is 3.08. The normalized spacial score (nSPS) is 15.3. The summed E-state index contributed by atoms with van der Waals surface area (Å²) >= 11 is 0. The van der Waals surface area contributed by atoms with Gasteiger partial charge in [-0.1, -0.05) is 38.1 Å².